The van der Waals surface area contributed by atoms with Crippen molar-refractivity contribution in [1.82, 2.24) is 4.98 Å². The van der Waals surface area contributed by atoms with Gasteiger partial charge < -0.3 is 5.11 Å². The van der Waals surface area contributed by atoms with Gasteiger partial charge in [0.05, 0.1) is 11.8 Å². The molecular formula is C19H11ClF5NO. The van der Waals surface area contributed by atoms with Crippen molar-refractivity contribution in [3.05, 3.63) is 99.8 Å². The predicted molar refractivity (Wildman–Crippen MR) is 89.1 cm³/mol. The molecule has 27 heavy (non-hydrogen) atoms. The number of aliphatic hydroxyl groups is 1. The Hall–Kier alpha value is -2.51. The lowest BCUT2D eigenvalue weighted by molar-refractivity contribution is -0.137. The summed E-state index contributed by atoms with van der Waals surface area (Å²) in [5.74, 6) is -1.71. The number of benzene rings is 2. The third kappa shape index (κ3) is 3.65. The molecule has 0 aliphatic rings. The minimum Gasteiger partial charge on any atom is -0.376 e. The second-order valence-corrected chi connectivity index (χ2v) is 6.24. The van der Waals surface area contributed by atoms with Gasteiger partial charge in [0.1, 0.15) is 17.2 Å². The summed E-state index contributed by atoms with van der Waals surface area (Å²) in [7, 11) is 0. The first-order chi connectivity index (χ1) is 12.6. The summed E-state index contributed by atoms with van der Waals surface area (Å²) in [6, 6.07) is 7.87. The summed E-state index contributed by atoms with van der Waals surface area (Å²) in [5, 5.41) is 11.4. The zero-order valence-electron chi connectivity index (χ0n) is 13.4. The summed E-state index contributed by atoms with van der Waals surface area (Å²) in [5.41, 5.74) is -3.78. The van der Waals surface area contributed by atoms with Crippen LogP contribution in [0, 0.1) is 11.6 Å². The molecule has 140 valence electrons. The summed E-state index contributed by atoms with van der Waals surface area (Å²) in [4.78, 5) is 3.64. The molecular weight excluding hydrogens is 389 g/mol. The predicted octanol–water partition coefficient (Wildman–Crippen LogP) is 5.32. The molecule has 3 aromatic rings. The van der Waals surface area contributed by atoms with Crippen LogP contribution in [0.3, 0.4) is 0 Å². The van der Waals surface area contributed by atoms with E-state index < -0.39 is 29.0 Å². The van der Waals surface area contributed by atoms with Crippen molar-refractivity contribution in [1.29, 1.82) is 0 Å². The lowest BCUT2D eigenvalue weighted by Gasteiger charge is -2.30. The Morgan fingerprint density at radius 3 is 2.00 bits per heavy atom. The van der Waals surface area contributed by atoms with Gasteiger partial charge in [0, 0.05) is 22.3 Å². The zero-order chi connectivity index (χ0) is 19.8. The van der Waals surface area contributed by atoms with Crippen molar-refractivity contribution in [2.24, 2.45) is 0 Å². The van der Waals surface area contributed by atoms with Crippen LogP contribution < -0.4 is 0 Å². The van der Waals surface area contributed by atoms with Crippen LogP contribution in [0.4, 0.5) is 22.0 Å². The number of hydrogen-bond donors (Lipinski definition) is 1. The van der Waals surface area contributed by atoms with E-state index in [1.54, 1.807) is 0 Å². The number of aromatic nitrogens is 1. The van der Waals surface area contributed by atoms with E-state index in [-0.39, 0.29) is 21.7 Å². The first-order valence-corrected chi connectivity index (χ1v) is 7.97. The molecule has 0 bridgehead atoms. The Balaban J connectivity index is 2.25. The SMILES string of the molecule is OC(c1ccc(C(F)(F)F)cc1)(c1cncc(F)c1)c1ccc(Cl)cc1F. The second kappa shape index (κ2) is 6.90. The number of rotatable bonds is 3. The lowest BCUT2D eigenvalue weighted by atomic mass is 9.80. The molecule has 0 radical (unpaired) electrons. The van der Waals surface area contributed by atoms with Crippen molar-refractivity contribution in [2.75, 3.05) is 0 Å². The van der Waals surface area contributed by atoms with E-state index >= 15 is 0 Å². The highest BCUT2D eigenvalue weighted by atomic mass is 35.5. The first kappa shape index (κ1) is 19.3. The third-order valence-electron chi connectivity index (χ3n) is 4.07. The molecule has 1 N–H and O–H groups in total. The summed E-state index contributed by atoms with van der Waals surface area (Å²) in [6.07, 6.45) is -2.59. The van der Waals surface area contributed by atoms with E-state index in [1.807, 2.05) is 0 Å². The maximum Gasteiger partial charge on any atom is 0.416 e. The van der Waals surface area contributed by atoms with Gasteiger partial charge in [0.2, 0.25) is 0 Å². The molecule has 2 aromatic carbocycles. The largest absolute Gasteiger partial charge is 0.416 e. The quantitative estimate of drug-likeness (QED) is 0.605. The van der Waals surface area contributed by atoms with Crippen molar-refractivity contribution in [3.8, 4) is 0 Å². The van der Waals surface area contributed by atoms with Crippen molar-refractivity contribution in [3.63, 3.8) is 0 Å². The monoisotopic (exact) mass is 399 g/mol. The van der Waals surface area contributed by atoms with Gasteiger partial charge >= 0.3 is 6.18 Å². The highest BCUT2D eigenvalue weighted by Crippen LogP contribution is 2.39. The van der Waals surface area contributed by atoms with Crippen LogP contribution in [-0.4, -0.2) is 10.1 Å². The van der Waals surface area contributed by atoms with Gasteiger partial charge in [-0.15, -0.1) is 0 Å². The van der Waals surface area contributed by atoms with Crippen LogP contribution in [0.2, 0.25) is 5.02 Å². The maximum atomic E-state index is 14.5. The van der Waals surface area contributed by atoms with Gasteiger partial charge in [-0.3, -0.25) is 4.98 Å². The number of halogens is 6. The standard InChI is InChI=1S/C19H11ClF5NO/c20-14-5-6-16(17(22)8-14)18(27,13-7-15(21)10-26-9-13)11-1-3-12(4-2-11)19(23,24)25/h1-10,27H. The Labute approximate surface area is 155 Å². The second-order valence-electron chi connectivity index (χ2n) is 5.80. The van der Waals surface area contributed by atoms with Gasteiger partial charge in [0.15, 0.2) is 0 Å². The van der Waals surface area contributed by atoms with E-state index in [0.29, 0.717) is 0 Å². The van der Waals surface area contributed by atoms with Crippen molar-refractivity contribution < 1.29 is 27.1 Å². The van der Waals surface area contributed by atoms with E-state index in [2.05, 4.69) is 4.98 Å². The van der Waals surface area contributed by atoms with Gasteiger partial charge in [0.25, 0.3) is 0 Å². The van der Waals surface area contributed by atoms with Gasteiger partial charge in [-0.05, 0) is 35.9 Å². The van der Waals surface area contributed by atoms with E-state index in [9.17, 15) is 27.1 Å². The minimum atomic E-state index is -4.58. The summed E-state index contributed by atoms with van der Waals surface area (Å²) in [6.45, 7) is 0. The first-order valence-electron chi connectivity index (χ1n) is 7.59. The summed E-state index contributed by atoms with van der Waals surface area (Å²) >= 11 is 5.74. The van der Waals surface area contributed by atoms with Crippen molar-refractivity contribution in [2.45, 2.75) is 11.8 Å². The van der Waals surface area contributed by atoms with Gasteiger partial charge in [-0.25, -0.2) is 8.78 Å². The molecule has 0 aliphatic carbocycles. The number of hydrogen-bond acceptors (Lipinski definition) is 2. The van der Waals surface area contributed by atoms with Crippen LogP contribution >= 0.6 is 11.6 Å². The molecule has 0 saturated heterocycles. The van der Waals surface area contributed by atoms with Crippen LogP contribution in [0.5, 0.6) is 0 Å². The van der Waals surface area contributed by atoms with Crippen LogP contribution in [-0.2, 0) is 11.8 Å². The smallest absolute Gasteiger partial charge is 0.376 e. The highest BCUT2D eigenvalue weighted by Gasteiger charge is 2.38. The zero-order valence-corrected chi connectivity index (χ0v) is 14.2. The topological polar surface area (TPSA) is 33.1 Å². The number of pyridine rings is 1. The maximum absolute atomic E-state index is 14.5. The van der Waals surface area contributed by atoms with Crippen LogP contribution in [0.25, 0.3) is 0 Å². The Bertz CT molecular complexity index is 975. The Kier molecular flexibility index (Phi) is 4.92. The van der Waals surface area contributed by atoms with Crippen LogP contribution in [0.1, 0.15) is 22.3 Å². The minimum absolute atomic E-state index is 0.0587. The lowest BCUT2D eigenvalue weighted by Crippen LogP contribution is -2.30. The molecule has 0 aliphatic heterocycles. The highest BCUT2D eigenvalue weighted by molar-refractivity contribution is 6.30. The fraction of sp³-hybridized carbons (Fsp3) is 0.105. The average Bonchev–Trinajstić information content (AvgIpc) is 2.60. The van der Waals surface area contributed by atoms with E-state index in [0.717, 1.165) is 48.8 Å². The molecule has 3 rings (SSSR count). The fourth-order valence-corrected chi connectivity index (χ4v) is 2.93. The van der Waals surface area contributed by atoms with Gasteiger partial charge in [-0.2, -0.15) is 13.2 Å². The normalized spacial score (nSPS) is 14.0. The molecule has 1 unspecified atom stereocenters. The van der Waals surface area contributed by atoms with Crippen molar-refractivity contribution >= 4 is 11.6 Å². The molecule has 0 fully saturated rings. The average molecular weight is 400 g/mol. The number of alkyl halides is 3. The molecule has 1 heterocycles. The molecule has 0 saturated carbocycles. The van der Waals surface area contributed by atoms with Gasteiger partial charge in [-0.1, -0.05) is 29.8 Å². The molecule has 1 aromatic heterocycles. The van der Waals surface area contributed by atoms with Crippen LogP contribution in [0.15, 0.2) is 60.9 Å². The molecule has 0 spiro atoms. The number of nitrogens with zero attached hydrogens (tertiary/aromatic N) is 1. The molecule has 2 nitrogen and oxygen atoms in total. The molecule has 8 heteroatoms. The fourth-order valence-electron chi connectivity index (χ4n) is 2.77. The molecule has 0 amide bonds. The Morgan fingerprint density at radius 1 is 0.815 bits per heavy atom. The molecule has 1 atom stereocenters. The van der Waals surface area contributed by atoms with E-state index in [4.69, 9.17) is 11.6 Å². The van der Waals surface area contributed by atoms with E-state index in [1.165, 1.54) is 12.1 Å². The third-order valence-corrected chi connectivity index (χ3v) is 4.31. The Morgan fingerprint density at radius 2 is 1.44 bits per heavy atom. The summed E-state index contributed by atoms with van der Waals surface area (Å²) < 4.78 is 66.7.